The van der Waals surface area contributed by atoms with Gasteiger partial charge in [-0.25, -0.2) is 4.98 Å². The molecule has 0 saturated heterocycles. The third kappa shape index (κ3) is 4.09. The van der Waals surface area contributed by atoms with E-state index in [4.69, 9.17) is 0 Å². The molecule has 112 valence electrons. The van der Waals surface area contributed by atoms with E-state index < -0.39 is 0 Å². The van der Waals surface area contributed by atoms with Crippen LogP contribution in [0, 0.1) is 5.41 Å². The number of aromatic nitrogens is 2. The summed E-state index contributed by atoms with van der Waals surface area (Å²) in [5, 5.41) is 3.26. The minimum Gasteiger partial charge on any atom is -0.365 e. The van der Waals surface area contributed by atoms with Gasteiger partial charge in [0.05, 0.1) is 0 Å². The largest absolute Gasteiger partial charge is 0.365 e. The molecule has 0 spiro atoms. The van der Waals surface area contributed by atoms with Gasteiger partial charge in [-0.15, -0.1) is 0 Å². The van der Waals surface area contributed by atoms with Gasteiger partial charge in [0.2, 0.25) is 0 Å². The van der Waals surface area contributed by atoms with Crippen molar-refractivity contribution >= 4 is 5.82 Å². The zero-order valence-electron chi connectivity index (χ0n) is 13.0. The smallest absolute Gasteiger partial charge is 0.293 e. The van der Waals surface area contributed by atoms with E-state index >= 15 is 0 Å². The Bertz CT molecular complexity index is 489. The van der Waals surface area contributed by atoms with Gasteiger partial charge in [-0.2, -0.15) is 0 Å². The Morgan fingerprint density at radius 3 is 2.80 bits per heavy atom. The Hall–Kier alpha value is -1.32. The van der Waals surface area contributed by atoms with Crippen molar-refractivity contribution in [3.8, 4) is 0 Å². The van der Waals surface area contributed by atoms with E-state index in [2.05, 4.69) is 31.1 Å². The topological polar surface area (TPSA) is 46.9 Å². The minimum absolute atomic E-state index is 0.0272. The maximum atomic E-state index is 12.3. The number of hydrogen-bond acceptors (Lipinski definition) is 3. The summed E-state index contributed by atoms with van der Waals surface area (Å²) in [5.74, 6) is 0.503. The molecule has 1 fully saturated rings. The van der Waals surface area contributed by atoms with Crippen LogP contribution in [0.2, 0.25) is 0 Å². The second-order valence-corrected chi connectivity index (χ2v) is 6.69. The van der Waals surface area contributed by atoms with Crippen LogP contribution < -0.4 is 10.9 Å². The molecular formula is C16H27N3O. The average Bonchev–Trinajstić information content (AvgIpc) is 3.22. The highest BCUT2D eigenvalue weighted by Gasteiger charge is 2.25. The van der Waals surface area contributed by atoms with Crippen molar-refractivity contribution in [1.29, 1.82) is 0 Å². The summed E-state index contributed by atoms with van der Waals surface area (Å²) in [6, 6.07) is 0.406. The number of rotatable bonds is 8. The summed E-state index contributed by atoms with van der Waals surface area (Å²) >= 11 is 0. The maximum Gasteiger partial charge on any atom is 0.293 e. The van der Waals surface area contributed by atoms with Crippen LogP contribution in [0.3, 0.4) is 0 Å². The van der Waals surface area contributed by atoms with Gasteiger partial charge >= 0.3 is 0 Å². The highest BCUT2D eigenvalue weighted by atomic mass is 16.1. The molecule has 2 rings (SSSR count). The lowest BCUT2D eigenvalue weighted by molar-refractivity contribution is 0.342. The summed E-state index contributed by atoms with van der Waals surface area (Å²) in [7, 11) is 0. The predicted molar refractivity (Wildman–Crippen MR) is 83.2 cm³/mol. The monoisotopic (exact) mass is 277 g/mol. The van der Waals surface area contributed by atoms with E-state index in [0.717, 1.165) is 19.4 Å². The molecule has 0 amide bonds. The first-order chi connectivity index (χ1) is 9.53. The van der Waals surface area contributed by atoms with E-state index in [1.807, 2.05) is 4.57 Å². The van der Waals surface area contributed by atoms with Gasteiger partial charge in [0.1, 0.15) is 0 Å². The second-order valence-electron chi connectivity index (χ2n) is 6.69. The average molecular weight is 277 g/mol. The van der Waals surface area contributed by atoms with Gasteiger partial charge in [0, 0.05) is 25.0 Å². The molecule has 0 aliphatic heterocycles. The SMILES string of the molecule is CCCCCC(C)(C)CNc1nccn(C2CC2)c1=O. The third-order valence-corrected chi connectivity index (χ3v) is 4.00. The Balaban J connectivity index is 1.93. The molecule has 1 aliphatic rings. The van der Waals surface area contributed by atoms with E-state index in [1.165, 1.54) is 25.7 Å². The molecular weight excluding hydrogens is 250 g/mol. The van der Waals surface area contributed by atoms with Crippen LogP contribution in [0.5, 0.6) is 0 Å². The van der Waals surface area contributed by atoms with E-state index in [0.29, 0.717) is 11.9 Å². The number of anilines is 1. The molecule has 0 bridgehead atoms. The Morgan fingerprint density at radius 2 is 2.15 bits per heavy atom. The lowest BCUT2D eigenvalue weighted by Gasteiger charge is -2.25. The maximum absolute atomic E-state index is 12.3. The zero-order chi connectivity index (χ0) is 14.6. The van der Waals surface area contributed by atoms with Crippen molar-refractivity contribution in [3.63, 3.8) is 0 Å². The van der Waals surface area contributed by atoms with Gasteiger partial charge < -0.3 is 9.88 Å². The van der Waals surface area contributed by atoms with Crippen molar-refractivity contribution < 1.29 is 0 Å². The molecule has 4 nitrogen and oxygen atoms in total. The summed E-state index contributed by atoms with van der Waals surface area (Å²) in [4.78, 5) is 16.5. The highest BCUT2D eigenvalue weighted by molar-refractivity contribution is 5.31. The van der Waals surface area contributed by atoms with Crippen LogP contribution in [0.15, 0.2) is 17.2 Å². The molecule has 1 aliphatic carbocycles. The van der Waals surface area contributed by atoms with Crippen LogP contribution >= 0.6 is 0 Å². The third-order valence-electron chi connectivity index (χ3n) is 4.00. The molecule has 0 aromatic carbocycles. The summed E-state index contributed by atoms with van der Waals surface area (Å²) < 4.78 is 1.82. The lowest BCUT2D eigenvalue weighted by atomic mass is 9.87. The van der Waals surface area contributed by atoms with Crippen molar-refractivity contribution in [3.05, 3.63) is 22.7 Å². The molecule has 1 N–H and O–H groups in total. The standard InChI is InChI=1S/C16H27N3O/c1-4-5-6-9-16(2,3)12-18-14-15(20)19(11-10-17-14)13-7-8-13/h10-11,13H,4-9,12H2,1-3H3,(H,17,18). The summed E-state index contributed by atoms with van der Waals surface area (Å²) in [6.45, 7) is 7.52. The fourth-order valence-corrected chi connectivity index (χ4v) is 2.45. The molecule has 1 aromatic rings. The highest BCUT2D eigenvalue weighted by Crippen LogP contribution is 2.33. The minimum atomic E-state index is 0.0272. The van der Waals surface area contributed by atoms with Gasteiger partial charge in [-0.1, -0.05) is 40.0 Å². The van der Waals surface area contributed by atoms with Gasteiger partial charge in [-0.3, -0.25) is 4.79 Å². The van der Waals surface area contributed by atoms with Crippen LogP contribution in [0.25, 0.3) is 0 Å². The quantitative estimate of drug-likeness (QED) is 0.739. The molecule has 1 heterocycles. The fraction of sp³-hybridized carbons (Fsp3) is 0.750. The van der Waals surface area contributed by atoms with Crippen molar-refractivity contribution in [2.24, 2.45) is 5.41 Å². The van der Waals surface area contributed by atoms with Crippen LogP contribution in [-0.2, 0) is 0 Å². The van der Waals surface area contributed by atoms with E-state index in [-0.39, 0.29) is 11.0 Å². The number of hydrogen-bond donors (Lipinski definition) is 1. The number of unbranched alkanes of at least 4 members (excludes halogenated alkanes) is 2. The van der Waals surface area contributed by atoms with E-state index in [9.17, 15) is 4.79 Å². The van der Waals surface area contributed by atoms with Gasteiger partial charge in [0.25, 0.3) is 5.56 Å². The number of nitrogens with one attached hydrogen (secondary N) is 1. The molecule has 1 saturated carbocycles. The number of nitrogens with zero attached hydrogens (tertiary/aromatic N) is 2. The fourth-order valence-electron chi connectivity index (χ4n) is 2.45. The lowest BCUT2D eigenvalue weighted by Crippen LogP contribution is -2.29. The van der Waals surface area contributed by atoms with Crippen molar-refractivity contribution in [2.75, 3.05) is 11.9 Å². The Kier molecular flexibility index (Phi) is 4.84. The van der Waals surface area contributed by atoms with Crippen molar-refractivity contribution in [2.45, 2.75) is 65.3 Å². The first-order valence-electron chi connectivity index (χ1n) is 7.84. The Morgan fingerprint density at radius 1 is 1.40 bits per heavy atom. The molecule has 0 atom stereocenters. The summed E-state index contributed by atoms with van der Waals surface area (Å²) in [5.41, 5.74) is 0.225. The molecule has 20 heavy (non-hydrogen) atoms. The van der Waals surface area contributed by atoms with Crippen molar-refractivity contribution in [1.82, 2.24) is 9.55 Å². The predicted octanol–water partition coefficient (Wildman–Crippen LogP) is 3.60. The van der Waals surface area contributed by atoms with Crippen LogP contribution in [0.1, 0.15) is 65.3 Å². The van der Waals surface area contributed by atoms with E-state index in [1.54, 1.807) is 12.4 Å². The molecule has 4 heteroatoms. The van der Waals surface area contributed by atoms with Crippen LogP contribution in [0.4, 0.5) is 5.82 Å². The second kappa shape index (κ2) is 6.42. The normalized spacial score (nSPS) is 15.3. The zero-order valence-corrected chi connectivity index (χ0v) is 13.0. The Labute approximate surface area is 121 Å². The molecule has 0 radical (unpaired) electrons. The summed E-state index contributed by atoms with van der Waals surface area (Å²) in [6.07, 6.45) is 10.7. The molecule has 1 aromatic heterocycles. The van der Waals surface area contributed by atoms with Gasteiger partial charge in [0.15, 0.2) is 5.82 Å². The van der Waals surface area contributed by atoms with Crippen LogP contribution in [-0.4, -0.2) is 16.1 Å². The van der Waals surface area contributed by atoms with Gasteiger partial charge in [-0.05, 0) is 24.7 Å². The first-order valence-corrected chi connectivity index (χ1v) is 7.84. The first kappa shape index (κ1) is 15.1. The molecule has 0 unspecified atom stereocenters.